The number of aromatic nitrogens is 3. The number of benzene rings is 2. The number of fused-ring (bicyclic) bond motifs is 3. The second-order valence-corrected chi connectivity index (χ2v) is 9.17. The van der Waals surface area contributed by atoms with Gasteiger partial charge in [-0.05, 0) is 50.1 Å². The van der Waals surface area contributed by atoms with E-state index < -0.39 is 6.10 Å². The first-order valence-corrected chi connectivity index (χ1v) is 11.5. The molecule has 0 amide bonds. The molecule has 0 bridgehead atoms. The lowest BCUT2D eigenvalue weighted by Crippen LogP contribution is -2.37. The van der Waals surface area contributed by atoms with Gasteiger partial charge in [0.1, 0.15) is 11.9 Å². The number of aryl methyl sites for hydroxylation is 2. The van der Waals surface area contributed by atoms with Crippen molar-refractivity contribution >= 4 is 10.9 Å². The van der Waals surface area contributed by atoms with E-state index in [1.165, 1.54) is 11.6 Å². The van der Waals surface area contributed by atoms with Gasteiger partial charge in [-0.1, -0.05) is 35.9 Å². The summed E-state index contributed by atoms with van der Waals surface area (Å²) in [7, 11) is 3.25. The molecule has 4 aromatic rings. The van der Waals surface area contributed by atoms with E-state index in [9.17, 15) is 9.59 Å². The van der Waals surface area contributed by atoms with Gasteiger partial charge < -0.3 is 14.0 Å². The normalized spacial score (nSPS) is 15.6. The SMILES string of the molecule is Cc1cccc(-c2c3c(=O)n(C)c(=O)n(C)c3c3n2CCO[C@H]3c2ccc(OC(C)C)cc2)c1. The third kappa shape index (κ3) is 3.47. The first-order chi connectivity index (χ1) is 16.3. The number of hydrogen-bond donors (Lipinski definition) is 0. The number of nitrogens with zero attached hydrogens (tertiary/aromatic N) is 3. The van der Waals surface area contributed by atoms with Gasteiger partial charge in [-0.3, -0.25) is 13.9 Å². The van der Waals surface area contributed by atoms with E-state index in [2.05, 4.69) is 10.6 Å². The van der Waals surface area contributed by atoms with Gasteiger partial charge in [0.05, 0.1) is 35.0 Å². The zero-order chi connectivity index (χ0) is 24.1. The van der Waals surface area contributed by atoms with Crippen molar-refractivity contribution in [3.05, 3.63) is 86.2 Å². The summed E-state index contributed by atoms with van der Waals surface area (Å²) < 4.78 is 17.0. The quantitative estimate of drug-likeness (QED) is 0.464. The number of ether oxygens (including phenoxy) is 2. The molecule has 0 radical (unpaired) electrons. The van der Waals surface area contributed by atoms with Crippen LogP contribution in [0.4, 0.5) is 0 Å². The number of hydrogen-bond acceptors (Lipinski definition) is 4. The van der Waals surface area contributed by atoms with E-state index in [1.807, 2.05) is 63.2 Å². The fraction of sp³-hybridized carbons (Fsp3) is 0.333. The summed E-state index contributed by atoms with van der Waals surface area (Å²) in [6.07, 6.45) is -0.332. The predicted octanol–water partition coefficient (Wildman–Crippen LogP) is 3.92. The molecule has 2 aromatic heterocycles. The highest BCUT2D eigenvalue weighted by molar-refractivity contribution is 5.96. The minimum atomic E-state index is -0.416. The lowest BCUT2D eigenvalue weighted by atomic mass is 10.0. The minimum Gasteiger partial charge on any atom is -0.491 e. The van der Waals surface area contributed by atoms with Crippen LogP contribution < -0.4 is 16.0 Å². The van der Waals surface area contributed by atoms with Gasteiger partial charge in [0, 0.05) is 20.6 Å². The molecule has 0 fully saturated rings. The van der Waals surface area contributed by atoms with Crippen molar-refractivity contribution in [2.75, 3.05) is 6.61 Å². The maximum absolute atomic E-state index is 13.5. The van der Waals surface area contributed by atoms with Crippen LogP contribution in [0, 0.1) is 6.92 Å². The maximum Gasteiger partial charge on any atom is 0.331 e. The molecule has 0 saturated carbocycles. The molecule has 0 unspecified atom stereocenters. The fourth-order valence-electron chi connectivity index (χ4n) is 4.92. The fourth-order valence-corrected chi connectivity index (χ4v) is 4.92. The summed E-state index contributed by atoms with van der Waals surface area (Å²) >= 11 is 0. The van der Waals surface area contributed by atoms with E-state index in [0.717, 1.165) is 33.8 Å². The van der Waals surface area contributed by atoms with E-state index in [4.69, 9.17) is 9.47 Å². The Balaban J connectivity index is 1.82. The van der Waals surface area contributed by atoms with Crippen molar-refractivity contribution in [2.45, 2.75) is 39.5 Å². The van der Waals surface area contributed by atoms with Gasteiger partial charge in [-0.2, -0.15) is 0 Å². The molecule has 0 spiro atoms. The van der Waals surface area contributed by atoms with Gasteiger partial charge in [-0.15, -0.1) is 0 Å². The Kier molecular flexibility index (Phi) is 5.44. The molecule has 7 heteroatoms. The van der Waals surface area contributed by atoms with Crippen LogP contribution >= 0.6 is 0 Å². The van der Waals surface area contributed by atoms with Gasteiger partial charge in [0.15, 0.2) is 0 Å². The molecule has 0 saturated heterocycles. The molecule has 1 aliphatic heterocycles. The van der Waals surface area contributed by atoms with E-state index in [0.29, 0.717) is 24.1 Å². The van der Waals surface area contributed by atoms with E-state index >= 15 is 0 Å². The third-order valence-electron chi connectivity index (χ3n) is 6.40. The van der Waals surface area contributed by atoms with Crippen molar-refractivity contribution in [1.29, 1.82) is 0 Å². The molecule has 2 aromatic carbocycles. The molecule has 7 nitrogen and oxygen atoms in total. The Morgan fingerprint density at radius 2 is 1.76 bits per heavy atom. The summed E-state index contributed by atoms with van der Waals surface area (Å²) in [4.78, 5) is 26.4. The molecule has 3 heterocycles. The first kappa shape index (κ1) is 22.2. The van der Waals surface area contributed by atoms with Crippen LogP contribution in [0.15, 0.2) is 58.1 Å². The Morgan fingerprint density at radius 1 is 1.03 bits per heavy atom. The van der Waals surface area contributed by atoms with Crippen molar-refractivity contribution in [3.8, 4) is 17.0 Å². The van der Waals surface area contributed by atoms with Crippen LogP contribution in [0.5, 0.6) is 5.75 Å². The Morgan fingerprint density at radius 3 is 2.44 bits per heavy atom. The molecule has 1 aliphatic rings. The second-order valence-electron chi connectivity index (χ2n) is 9.17. The third-order valence-corrected chi connectivity index (χ3v) is 6.40. The predicted molar refractivity (Wildman–Crippen MR) is 133 cm³/mol. The monoisotopic (exact) mass is 459 g/mol. The molecule has 0 aliphatic carbocycles. The minimum absolute atomic E-state index is 0.0839. The smallest absolute Gasteiger partial charge is 0.331 e. The molecule has 34 heavy (non-hydrogen) atoms. The lowest BCUT2D eigenvalue weighted by molar-refractivity contribution is 0.0478. The molecular weight excluding hydrogens is 430 g/mol. The molecule has 5 rings (SSSR count). The number of rotatable bonds is 4. The Bertz CT molecular complexity index is 1510. The van der Waals surface area contributed by atoms with Gasteiger partial charge >= 0.3 is 5.69 Å². The summed E-state index contributed by atoms with van der Waals surface area (Å²) in [5.74, 6) is 0.788. The Hall–Kier alpha value is -3.58. The topological polar surface area (TPSA) is 67.4 Å². The highest BCUT2D eigenvalue weighted by Gasteiger charge is 2.33. The summed E-state index contributed by atoms with van der Waals surface area (Å²) in [5, 5.41) is 0.542. The Labute approximate surface area is 197 Å². The maximum atomic E-state index is 13.5. The van der Waals surface area contributed by atoms with Gasteiger partial charge in [0.2, 0.25) is 0 Å². The first-order valence-electron chi connectivity index (χ1n) is 11.5. The van der Waals surface area contributed by atoms with Gasteiger partial charge in [0.25, 0.3) is 5.56 Å². The molecule has 1 atom stereocenters. The van der Waals surface area contributed by atoms with E-state index in [-0.39, 0.29) is 17.4 Å². The zero-order valence-electron chi connectivity index (χ0n) is 20.2. The molecule has 0 N–H and O–H groups in total. The summed E-state index contributed by atoms with van der Waals surface area (Å²) in [6, 6.07) is 16.0. The summed E-state index contributed by atoms with van der Waals surface area (Å²) in [5.41, 5.74) is 4.63. The van der Waals surface area contributed by atoms with Crippen LogP contribution in [-0.4, -0.2) is 26.4 Å². The van der Waals surface area contributed by atoms with Crippen LogP contribution in [0.3, 0.4) is 0 Å². The van der Waals surface area contributed by atoms with Crippen LogP contribution in [-0.2, 0) is 25.4 Å². The van der Waals surface area contributed by atoms with Gasteiger partial charge in [-0.25, -0.2) is 4.79 Å². The van der Waals surface area contributed by atoms with Crippen molar-refractivity contribution < 1.29 is 9.47 Å². The average molecular weight is 460 g/mol. The largest absolute Gasteiger partial charge is 0.491 e. The molecule has 176 valence electrons. The highest BCUT2D eigenvalue weighted by Crippen LogP contribution is 2.41. The highest BCUT2D eigenvalue weighted by atomic mass is 16.5. The summed E-state index contributed by atoms with van der Waals surface area (Å²) in [6.45, 7) is 7.11. The lowest BCUT2D eigenvalue weighted by Gasteiger charge is -2.28. The van der Waals surface area contributed by atoms with E-state index in [1.54, 1.807) is 11.6 Å². The standard InChI is InChI=1S/C27H29N3O4/c1-16(2)34-20-11-9-18(10-12-20)25-24-23-21(26(31)29(5)27(32)28(23)4)22(30(24)13-14-33-25)19-8-6-7-17(3)15-19/h6-12,15-16,25H,13-14H2,1-5H3/t25-/m0/s1. The van der Waals surface area contributed by atoms with Crippen molar-refractivity contribution in [3.63, 3.8) is 0 Å². The van der Waals surface area contributed by atoms with Crippen LogP contribution in [0.25, 0.3) is 22.2 Å². The second kappa shape index (κ2) is 8.33. The molecular formula is C27H29N3O4. The zero-order valence-corrected chi connectivity index (χ0v) is 20.2. The van der Waals surface area contributed by atoms with Crippen molar-refractivity contribution in [2.24, 2.45) is 14.1 Å². The van der Waals surface area contributed by atoms with Crippen LogP contribution in [0.2, 0.25) is 0 Å². The van der Waals surface area contributed by atoms with Crippen LogP contribution in [0.1, 0.15) is 36.8 Å². The average Bonchev–Trinajstić information content (AvgIpc) is 3.17. The van der Waals surface area contributed by atoms with Crippen molar-refractivity contribution in [1.82, 2.24) is 13.7 Å².